The fourth-order valence-corrected chi connectivity index (χ4v) is 1.09. The van der Waals surface area contributed by atoms with E-state index < -0.39 is 16.7 Å². The van der Waals surface area contributed by atoms with Gasteiger partial charge in [-0.2, -0.15) is 0 Å². The molecule has 0 fully saturated rings. The van der Waals surface area contributed by atoms with Gasteiger partial charge in [-0.15, -0.1) is 0 Å². The van der Waals surface area contributed by atoms with E-state index in [-0.39, 0.29) is 0 Å². The number of nitrogens with two attached hydrogens (primary N) is 1. The minimum atomic E-state index is -1.59. The maximum Gasteiger partial charge on any atom is 0.363 e. The van der Waals surface area contributed by atoms with Crippen LogP contribution in [0.3, 0.4) is 0 Å². The molecular formula is C7H10N2O3. The maximum atomic E-state index is 10.6. The Bertz CT molecular complexity index is 249. The molecule has 2 N–H and O–H groups in total. The van der Waals surface area contributed by atoms with Gasteiger partial charge < -0.3 is 10.5 Å². The van der Waals surface area contributed by atoms with Crippen molar-refractivity contribution < 1.29 is 9.66 Å². The van der Waals surface area contributed by atoms with Gasteiger partial charge >= 0.3 is 5.72 Å². The predicted molar refractivity (Wildman–Crippen MR) is 43.0 cm³/mol. The third kappa shape index (κ3) is 1.13. The van der Waals surface area contributed by atoms with Crippen LogP contribution < -0.4 is 5.73 Å². The van der Waals surface area contributed by atoms with Crippen molar-refractivity contribution in [1.29, 1.82) is 0 Å². The molecule has 0 saturated carbocycles. The number of hydrogen-bond acceptors (Lipinski definition) is 4. The maximum absolute atomic E-state index is 10.6. The average Bonchev–Trinajstić information content (AvgIpc) is 2.05. The highest BCUT2D eigenvalue weighted by Gasteiger charge is 2.46. The standard InChI is InChI=1S/C7H10N2O3/c1-12-7(9(10)11)5-3-2-4-6(7)8/h2-6H,8H2,1H3. The number of nitro groups is 1. The van der Waals surface area contributed by atoms with Crippen molar-refractivity contribution in [2.45, 2.75) is 11.8 Å². The van der Waals surface area contributed by atoms with Gasteiger partial charge in [0.1, 0.15) is 6.04 Å². The summed E-state index contributed by atoms with van der Waals surface area (Å²) in [5.41, 5.74) is 3.93. The Morgan fingerprint density at radius 3 is 2.67 bits per heavy atom. The fourth-order valence-electron chi connectivity index (χ4n) is 1.09. The van der Waals surface area contributed by atoms with Crippen LogP contribution in [0.4, 0.5) is 0 Å². The van der Waals surface area contributed by atoms with Crippen LogP contribution in [0.25, 0.3) is 0 Å². The molecule has 0 amide bonds. The first-order chi connectivity index (χ1) is 5.63. The van der Waals surface area contributed by atoms with Crippen molar-refractivity contribution in [3.8, 4) is 0 Å². The highest BCUT2D eigenvalue weighted by molar-refractivity contribution is 5.21. The third-order valence-electron chi connectivity index (χ3n) is 1.85. The van der Waals surface area contributed by atoms with E-state index in [2.05, 4.69) is 0 Å². The lowest BCUT2D eigenvalue weighted by Gasteiger charge is -2.25. The Balaban J connectivity index is 3.00. The molecule has 5 heteroatoms. The van der Waals surface area contributed by atoms with E-state index in [1.54, 1.807) is 12.2 Å². The van der Waals surface area contributed by atoms with E-state index in [0.29, 0.717) is 0 Å². The minimum absolute atomic E-state index is 0.530. The molecule has 2 atom stereocenters. The second-order valence-electron chi connectivity index (χ2n) is 2.48. The summed E-state index contributed by atoms with van der Waals surface area (Å²) in [5.74, 6) is 0. The van der Waals surface area contributed by atoms with Crippen LogP contribution in [0.1, 0.15) is 0 Å². The zero-order valence-electron chi connectivity index (χ0n) is 6.64. The van der Waals surface area contributed by atoms with E-state index in [0.717, 1.165) is 0 Å². The molecule has 0 saturated heterocycles. The molecule has 0 aromatic rings. The highest BCUT2D eigenvalue weighted by atomic mass is 16.7. The average molecular weight is 170 g/mol. The molecule has 0 spiro atoms. The first-order valence-electron chi connectivity index (χ1n) is 3.45. The molecule has 0 heterocycles. The molecule has 1 aliphatic rings. The van der Waals surface area contributed by atoms with Crippen molar-refractivity contribution in [1.82, 2.24) is 0 Å². The SMILES string of the molecule is COC1([N+](=O)[O-])C=CC=CC1N. The molecule has 0 radical (unpaired) electrons. The van der Waals surface area contributed by atoms with Gasteiger partial charge in [0.25, 0.3) is 0 Å². The summed E-state index contributed by atoms with van der Waals surface area (Å²) < 4.78 is 4.79. The Labute approximate surface area is 69.7 Å². The van der Waals surface area contributed by atoms with Gasteiger partial charge in [-0.1, -0.05) is 18.2 Å². The van der Waals surface area contributed by atoms with Crippen LogP contribution in [0.2, 0.25) is 0 Å². The minimum Gasteiger partial charge on any atom is -0.316 e. The lowest BCUT2D eigenvalue weighted by molar-refractivity contribution is -0.612. The van der Waals surface area contributed by atoms with E-state index in [1.807, 2.05) is 0 Å². The smallest absolute Gasteiger partial charge is 0.316 e. The Morgan fingerprint density at radius 2 is 2.33 bits per heavy atom. The van der Waals surface area contributed by atoms with Gasteiger partial charge in [0.15, 0.2) is 0 Å². The van der Waals surface area contributed by atoms with Crippen LogP contribution in [0.5, 0.6) is 0 Å². The monoisotopic (exact) mass is 170 g/mol. The first kappa shape index (κ1) is 8.89. The van der Waals surface area contributed by atoms with Crippen LogP contribution in [0.15, 0.2) is 24.3 Å². The molecule has 12 heavy (non-hydrogen) atoms. The van der Waals surface area contributed by atoms with Crippen LogP contribution in [0, 0.1) is 10.1 Å². The zero-order chi connectivity index (χ0) is 9.19. The number of allylic oxidation sites excluding steroid dienone is 2. The molecule has 2 unspecified atom stereocenters. The topological polar surface area (TPSA) is 78.4 Å². The molecule has 66 valence electrons. The van der Waals surface area contributed by atoms with E-state index in [9.17, 15) is 10.1 Å². The molecule has 0 aliphatic heterocycles. The third-order valence-corrected chi connectivity index (χ3v) is 1.85. The van der Waals surface area contributed by atoms with Gasteiger partial charge in [-0.05, 0) is 0 Å². The second-order valence-corrected chi connectivity index (χ2v) is 2.48. The number of nitrogens with zero attached hydrogens (tertiary/aromatic N) is 1. The van der Waals surface area contributed by atoms with Gasteiger partial charge in [0.05, 0.1) is 4.92 Å². The Hall–Kier alpha value is -1.20. The normalized spacial score (nSPS) is 33.7. The van der Waals surface area contributed by atoms with Crippen LogP contribution >= 0.6 is 0 Å². The second kappa shape index (κ2) is 3.04. The summed E-state index contributed by atoms with van der Waals surface area (Å²) in [6, 6.07) is -0.734. The summed E-state index contributed by atoms with van der Waals surface area (Å²) >= 11 is 0. The van der Waals surface area contributed by atoms with Crippen molar-refractivity contribution in [3.05, 3.63) is 34.4 Å². The molecule has 0 bridgehead atoms. The first-order valence-corrected chi connectivity index (χ1v) is 3.45. The Morgan fingerprint density at radius 1 is 1.67 bits per heavy atom. The summed E-state index contributed by atoms with van der Waals surface area (Å²) in [7, 11) is 1.27. The van der Waals surface area contributed by atoms with E-state index in [4.69, 9.17) is 10.5 Å². The molecule has 0 aromatic heterocycles. The summed E-state index contributed by atoms with van der Waals surface area (Å²) in [4.78, 5) is 10.1. The van der Waals surface area contributed by atoms with Gasteiger partial charge in [0.2, 0.25) is 0 Å². The van der Waals surface area contributed by atoms with Crippen LogP contribution in [-0.2, 0) is 4.74 Å². The van der Waals surface area contributed by atoms with E-state index >= 15 is 0 Å². The van der Waals surface area contributed by atoms with Crippen molar-refractivity contribution >= 4 is 0 Å². The van der Waals surface area contributed by atoms with Gasteiger partial charge in [-0.3, -0.25) is 10.1 Å². The molecular weight excluding hydrogens is 160 g/mol. The van der Waals surface area contributed by atoms with Gasteiger partial charge in [-0.25, -0.2) is 0 Å². The van der Waals surface area contributed by atoms with Gasteiger partial charge in [0, 0.05) is 13.2 Å². The quantitative estimate of drug-likeness (QED) is 0.361. The van der Waals surface area contributed by atoms with E-state index in [1.165, 1.54) is 19.3 Å². The van der Waals surface area contributed by atoms with Crippen molar-refractivity contribution in [2.75, 3.05) is 7.11 Å². The largest absolute Gasteiger partial charge is 0.363 e. The molecule has 5 nitrogen and oxygen atoms in total. The molecule has 0 aromatic carbocycles. The number of methoxy groups -OCH3 is 1. The number of hydrogen-bond donors (Lipinski definition) is 1. The highest BCUT2D eigenvalue weighted by Crippen LogP contribution is 2.20. The summed E-state index contributed by atoms with van der Waals surface area (Å²) in [6.07, 6.45) is 6.09. The fraction of sp³-hybridized carbons (Fsp3) is 0.429. The number of ether oxygens (including phenoxy) is 1. The van der Waals surface area contributed by atoms with Crippen LogP contribution in [-0.4, -0.2) is 23.8 Å². The summed E-state index contributed by atoms with van der Waals surface area (Å²) in [5, 5.41) is 10.6. The number of rotatable bonds is 2. The van der Waals surface area contributed by atoms with Crippen molar-refractivity contribution in [3.63, 3.8) is 0 Å². The van der Waals surface area contributed by atoms with Crippen molar-refractivity contribution in [2.24, 2.45) is 5.73 Å². The lowest BCUT2D eigenvalue weighted by atomic mass is 10.0. The summed E-state index contributed by atoms with van der Waals surface area (Å²) in [6.45, 7) is 0. The molecule has 1 rings (SSSR count). The zero-order valence-corrected chi connectivity index (χ0v) is 6.64. The Kier molecular flexibility index (Phi) is 2.25. The predicted octanol–water partition coefficient (Wildman–Crippen LogP) is 0.0591. The molecule has 1 aliphatic carbocycles. The lowest BCUT2D eigenvalue weighted by Crippen LogP contribution is -2.53.